The van der Waals surface area contributed by atoms with Crippen LogP contribution >= 0.6 is 0 Å². The van der Waals surface area contributed by atoms with E-state index in [1.807, 2.05) is 25.8 Å². The number of ketones is 1. The highest BCUT2D eigenvalue weighted by Gasteiger charge is 2.73. The maximum absolute atomic E-state index is 12.7. The number of carbonyl (C=O) groups excluding carboxylic acids is 1. The Labute approximate surface area is 140 Å². The number of aromatic hydroxyl groups is 1. The number of phenolic OH excluding ortho intramolecular Hbond substituents is 1. The van der Waals surface area contributed by atoms with Crippen molar-refractivity contribution in [3.63, 3.8) is 0 Å². The Kier molecular flexibility index (Phi) is 3.12. The lowest BCUT2D eigenvalue weighted by Crippen LogP contribution is -2.78. The third kappa shape index (κ3) is 1.54. The Balaban J connectivity index is 2.05. The summed E-state index contributed by atoms with van der Waals surface area (Å²) < 4.78 is 5.90. The molecule has 1 aliphatic carbocycles. The molecule has 1 aromatic carbocycles. The molecule has 1 spiro atoms. The number of aryl methyl sites for hydroxylation is 1. The summed E-state index contributed by atoms with van der Waals surface area (Å²) in [7, 11) is 1.90. The second-order valence-corrected chi connectivity index (χ2v) is 7.49. The number of hydrogen-bond acceptors (Lipinski definition) is 6. The van der Waals surface area contributed by atoms with E-state index in [2.05, 4.69) is 0 Å². The summed E-state index contributed by atoms with van der Waals surface area (Å²) in [5.41, 5.74) is -1.04. The van der Waals surface area contributed by atoms with Crippen LogP contribution in [0.15, 0.2) is 12.1 Å². The summed E-state index contributed by atoms with van der Waals surface area (Å²) in [6, 6.07) is 2.96. The Hall–Kier alpha value is -1.63. The molecule has 0 aromatic heterocycles. The smallest absolute Gasteiger partial charge is 0.177 e. The number of hydrogen-bond donors (Lipinski definition) is 3. The van der Waals surface area contributed by atoms with E-state index in [0.717, 1.165) is 5.56 Å². The van der Waals surface area contributed by atoms with Crippen LogP contribution in [0.3, 0.4) is 0 Å². The molecule has 6 nitrogen and oxygen atoms in total. The quantitative estimate of drug-likeness (QED) is 0.640. The summed E-state index contributed by atoms with van der Waals surface area (Å²) in [4.78, 5) is 14.7. The first-order valence-electron chi connectivity index (χ1n) is 8.38. The van der Waals surface area contributed by atoms with Crippen LogP contribution in [0.25, 0.3) is 0 Å². The lowest BCUT2D eigenvalue weighted by Gasteiger charge is -2.60. The van der Waals surface area contributed by atoms with Crippen molar-refractivity contribution in [2.75, 3.05) is 13.6 Å². The molecule has 5 atom stereocenters. The van der Waals surface area contributed by atoms with E-state index >= 15 is 0 Å². The minimum absolute atomic E-state index is 0.0319. The normalized spacial score (nSPS) is 41.4. The van der Waals surface area contributed by atoms with Gasteiger partial charge in [0.05, 0.1) is 11.5 Å². The zero-order valence-corrected chi connectivity index (χ0v) is 14.1. The van der Waals surface area contributed by atoms with E-state index in [4.69, 9.17) is 4.74 Å². The van der Waals surface area contributed by atoms with Gasteiger partial charge in [0.25, 0.3) is 0 Å². The summed E-state index contributed by atoms with van der Waals surface area (Å²) in [5.74, 6) is 0.0205. The van der Waals surface area contributed by atoms with Gasteiger partial charge in [0, 0.05) is 18.0 Å². The van der Waals surface area contributed by atoms with Gasteiger partial charge in [-0.3, -0.25) is 4.79 Å². The van der Waals surface area contributed by atoms with Gasteiger partial charge in [0.2, 0.25) is 0 Å². The number of ether oxygens (including phenoxy) is 1. The zero-order chi connectivity index (χ0) is 17.4. The number of carbonyl (C=O) groups is 1. The third-order valence-corrected chi connectivity index (χ3v) is 6.54. The summed E-state index contributed by atoms with van der Waals surface area (Å²) in [5, 5.41) is 32.7. The topological polar surface area (TPSA) is 90.2 Å². The highest BCUT2D eigenvalue weighted by molar-refractivity contribution is 5.90. The van der Waals surface area contributed by atoms with Crippen molar-refractivity contribution < 1.29 is 24.9 Å². The average molecular weight is 333 g/mol. The van der Waals surface area contributed by atoms with Gasteiger partial charge in [0.1, 0.15) is 5.60 Å². The Morgan fingerprint density at radius 2 is 2.08 bits per heavy atom. The lowest BCUT2D eigenvalue weighted by molar-refractivity contribution is -0.219. The number of piperidine rings is 1. The highest BCUT2D eigenvalue weighted by Crippen LogP contribution is 2.61. The summed E-state index contributed by atoms with van der Waals surface area (Å²) >= 11 is 0. The molecule has 1 unspecified atom stereocenters. The van der Waals surface area contributed by atoms with E-state index in [1.54, 1.807) is 12.1 Å². The maximum atomic E-state index is 12.7. The molecule has 0 radical (unpaired) electrons. The molecule has 0 amide bonds. The number of benzene rings is 1. The van der Waals surface area contributed by atoms with Gasteiger partial charge in [-0.05, 0) is 45.5 Å². The van der Waals surface area contributed by atoms with Gasteiger partial charge in [-0.1, -0.05) is 6.07 Å². The van der Waals surface area contributed by atoms with Crippen LogP contribution in [-0.4, -0.2) is 63.4 Å². The number of fused-ring (bicyclic) bond motifs is 1. The van der Waals surface area contributed by atoms with E-state index in [0.29, 0.717) is 18.5 Å². The second-order valence-electron chi connectivity index (χ2n) is 7.49. The number of rotatable bonds is 0. The molecule has 3 N–H and O–H groups in total. The van der Waals surface area contributed by atoms with Crippen LogP contribution in [-0.2, 0) is 10.2 Å². The van der Waals surface area contributed by atoms with E-state index < -0.39 is 23.2 Å². The van der Waals surface area contributed by atoms with Gasteiger partial charge in [-0.15, -0.1) is 0 Å². The maximum Gasteiger partial charge on any atom is 0.177 e. The molecule has 2 heterocycles. The van der Waals surface area contributed by atoms with E-state index in [1.165, 1.54) is 0 Å². The molecular weight excluding hydrogens is 310 g/mol. The number of Topliss-reactive ketones (excluding diaryl/α,β-unsaturated/α-hetero) is 1. The highest BCUT2D eigenvalue weighted by atomic mass is 16.5. The number of nitrogens with zero attached hydrogens (tertiary/aromatic N) is 1. The zero-order valence-electron chi connectivity index (χ0n) is 14.1. The van der Waals surface area contributed by atoms with Crippen molar-refractivity contribution in [3.8, 4) is 11.5 Å². The molecule has 24 heavy (non-hydrogen) atoms. The Morgan fingerprint density at radius 1 is 1.38 bits per heavy atom. The fourth-order valence-corrected chi connectivity index (χ4v) is 5.18. The van der Waals surface area contributed by atoms with E-state index in [-0.39, 0.29) is 29.7 Å². The molecule has 130 valence electrons. The van der Waals surface area contributed by atoms with Crippen LogP contribution < -0.4 is 4.74 Å². The number of phenols is 1. The van der Waals surface area contributed by atoms with Crippen LogP contribution in [0.4, 0.5) is 0 Å². The first-order valence-corrected chi connectivity index (χ1v) is 8.38. The number of likely N-dealkylation sites (N-methyl/N-ethyl adjacent to an activating group) is 1. The molecule has 3 aliphatic rings. The fraction of sp³-hybridized carbons (Fsp3) is 0.611. The Morgan fingerprint density at radius 3 is 2.79 bits per heavy atom. The molecule has 1 aromatic rings. The molecule has 4 rings (SSSR count). The Bertz CT molecular complexity index is 734. The van der Waals surface area contributed by atoms with Crippen LogP contribution in [0.5, 0.6) is 11.5 Å². The van der Waals surface area contributed by atoms with Crippen molar-refractivity contribution in [1.82, 2.24) is 4.90 Å². The van der Waals surface area contributed by atoms with Crippen molar-refractivity contribution >= 4 is 5.78 Å². The number of likely N-dealkylation sites (tertiary alicyclic amines) is 1. The van der Waals surface area contributed by atoms with Crippen molar-refractivity contribution in [1.29, 1.82) is 0 Å². The van der Waals surface area contributed by atoms with E-state index in [9.17, 15) is 20.1 Å². The molecule has 6 heteroatoms. The molecular formula is C18H23NO5. The average Bonchev–Trinajstić information content (AvgIpc) is 2.90. The first kappa shape index (κ1) is 15.9. The van der Waals surface area contributed by atoms with Crippen molar-refractivity contribution in [2.45, 2.75) is 56.0 Å². The van der Waals surface area contributed by atoms with Crippen molar-refractivity contribution in [2.24, 2.45) is 0 Å². The fourth-order valence-electron chi connectivity index (χ4n) is 5.18. The monoisotopic (exact) mass is 333 g/mol. The molecule has 2 aliphatic heterocycles. The number of aliphatic hydroxyl groups excluding tert-OH is 1. The van der Waals surface area contributed by atoms with Crippen LogP contribution in [0, 0.1) is 6.92 Å². The predicted octanol–water partition coefficient (Wildman–Crippen LogP) is 0.488. The first-order chi connectivity index (χ1) is 11.2. The molecule has 2 fully saturated rings. The van der Waals surface area contributed by atoms with Gasteiger partial charge in [-0.25, -0.2) is 0 Å². The summed E-state index contributed by atoms with van der Waals surface area (Å²) in [6.07, 6.45) is -1.70. The molecule has 1 saturated heterocycles. The van der Waals surface area contributed by atoms with Gasteiger partial charge in [-0.2, -0.15) is 0 Å². The van der Waals surface area contributed by atoms with Gasteiger partial charge >= 0.3 is 0 Å². The summed E-state index contributed by atoms with van der Waals surface area (Å²) in [6.45, 7) is 4.42. The van der Waals surface area contributed by atoms with Gasteiger partial charge < -0.3 is 25.0 Å². The van der Waals surface area contributed by atoms with Crippen LogP contribution in [0.2, 0.25) is 0 Å². The second kappa shape index (κ2) is 4.71. The van der Waals surface area contributed by atoms with Crippen LogP contribution in [0.1, 0.15) is 30.9 Å². The number of aliphatic hydroxyl groups is 2. The third-order valence-electron chi connectivity index (χ3n) is 6.54. The standard InChI is InChI=1S/C18H23NO5/c1-9-4-5-11(20)15-14(9)17-6-7-19(3)10(2)18(17,23)13(22)8-12(21)16(17)24-15/h4-5,10,13,16,20,22-23H,6-8H2,1-3H3/t10-,13?,16+,17+,18+/m1/s1. The minimum Gasteiger partial charge on any atom is -0.504 e. The minimum atomic E-state index is -1.53. The van der Waals surface area contributed by atoms with Crippen molar-refractivity contribution in [3.05, 3.63) is 23.3 Å². The SMILES string of the molecule is Cc1ccc(O)c2c1[C@]13CCN(C)[C@H](C)[C@]1(O)C(O)CC(=O)[C@@H]3O2. The molecule has 1 saturated carbocycles. The predicted molar refractivity (Wildman–Crippen MR) is 86.2 cm³/mol. The molecule has 0 bridgehead atoms. The van der Waals surface area contributed by atoms with Gasteiger partial charge in [0.15, 0.2) is 23.4 Å². The lowest BCUT2D eigenvalue weighted by atomic mass is 9.51. The largest absolute Gasteiger partial charge is 0.504 e.